The highest BCUT2D eigenvalue weighted by Crippen LogP contribution is 2.39. The number of methoxy groups -OCH3 is 1. The molecule has 8 nitrogen and oxygen atoms in total. The van der Waals surface area contributed by atoms with Crippen molar-refractivity contribution in [3.8, 4) is 23.0 Å². The van der Waals surface area contributed by atoms with Crippen molar-refractivity contribution in [2.75, 3.05) is 38.7 Å². The van der Waals surface area contributed by atoms with Gasteiger partial charge in [0.1, 0.15) is 48.9 Å². The third-order valence-corrected chi connectivity index (χ3v) is 5.75. The van der Waals surface area contributed by atoms with Gasteiger partial charge < -0.3 is 34.7 Å². The number of rotatable bonds is 13. The Morgan fingerprint density at radius 2 is 1.67 bits per heavy atom. The molecule has 0 saturated carbocycles. The Hall–Kier alpha value is -3.75. The van der Waals surface area contributed by atoms with Gasteiger partial charge in [0.25, 0.3) is 0 Å². The van der Waals surface area contributed by atoms with Crippen molar-refractivity contribution in [3.05, 3.63) is 77.9 Å². The maximum Gasteiger partial charge on any atom is 0.224 e. The molecule has 0 bridgehead atoms. The van der Waals surface area contributed by atoms with Gasteiger partial charge in [0.05, 0.1) is 12.8 Å². The van der Waals surface area contributed by atoms with Crippen LogP contribution in [-0.2, 0) is 17.8 Å². The topological polar surface area (TPSA) is 98.3 Å². The second-order valence-corrected chi connectivity index (χ2v) is 8.43. The van der Waals surface area contributed by atoms with Crippen LogP contribution in [0.5, 0.6) is 23.0 Å². The zero-order valence-electron chi connectivity index (χ0n) is 20.4. The number of amides is 1. The van der Waals surface area contributed by atoms with Crippen LogP contribution in [0.1, 0.15) is 17.5 Å². The summed E-state index contributed by atoms with van der Waals surface area (Å²) in [5, 5.41) is 16.4. The molecule has 0 fully saturated rings. The van der Waals surface area contributed by atoms with E-state index in [2.05, 4.69) is 10.6 Å². The highest BCUT2D eigenvalue weighted by Gasteiger charge is 2.23. The molecule has 0 radical (unpaired) electrons. The number of hydrogen-bond donors (Lipinski definition) is 3. The minimum absolute atomic E-state index is 0.0506. The first-order valence-electron chi connectivity index (χ1n) is 12.0. The van der Waals surface area contributed by atoms with E-state index < -0.39 is 6.10 Å². The molecule has 1 aliphatic rings. The van der Waals surface area contributed by atoms with E-state index in [1.54, 1.807) is 13.2 Å². The lowest BCUT2D eigenvalue weighted by atomic mass is 10.0. The van der Waals surface area contributed by atoms with Gasteiger partial charge in [-0.2, -0.15) is 0 Å². The number of carbonyl (C=O) groups is 1. The highest BCUT2D eigenvalue weighted by atomic mass is 16.5. The number of fused-ring (bicyclic) bond motifs is 1. The van der Waals surface area contributed by atoms with E-state index in [4.69, 9.17) is 18.9 Å². The summed E-state index contributed by atoms with van der Waals surface area (Å²) >= 11 is 0. The molecule has 4 rings (SSSR count). The van der Waals surface area contributed by atoms with Crippen LogP contribution in [0.25, 0.3) is 0 Å². The van der Waals surface area contributed by atoms with Gasteiger partial charge in [-0.15, -0.1) is 0 Å². The third-order valence-electron chi connectivity index (χ3n) is 5.75. The van der Waals surface area contributed by atoms with Gasteiger partial charge in [-0.1, -0.05) is 30.3 Å². The van der Waals surface area contributed by atoms with Gasteiger partial charge >= 0.3 is 0 Å². The monoisotopic (exact) mass is 492 g/mol. The molecule has 3 aromatic carbocycles. The molecule has 3 N–H and O–H groups in total. The number of nitrogens with one attached hydrogen (secondary N) is 2. The summed E-state index contributed by atoms with van der Waals surface area (Å²) in [5.74, 6) is 2.73. The molecule has 3 aromatic rings. The van der Waals surface area contributed by atoms with Gasteiger partial charge in [-0.05, 0) is 48.4 Å². The normalized spacial score (nSPS) is 13.3. The molecule has 36 heavy (non-hydrogen) atoms. The van der Waals surface area contributed by atoms with Crippen molar-refractivity contribution in [2.45, 2.75) is 25.6 Å². The van der Waals surface area contributed by atoms with E-state index in [1.165, 1.54) is 0 Å². The van der Waals surface area contributed by atoms with Crippen molar-refractivity contribution in [2.24, 2.45) is 0 Å². The van der Waals surface area contributed by atoms with Crippen molar-refractivity contribution in [1.29, 1.82) is 0 Å². The van der Waals surface area contributed by atoms with Crippen LogP contribution in [0.2, 0.25) is 0 Å². The fourth-order valence-electron chi connectivity index (χ4n) is 3.85. The third kappa shape index (κ3) is 7.13. The van der Waals surface area contributed by atoms with Crippen LogP contribution in [-0.4, -0.2) is 50.5 Å². The summed E-state index contributed by atoms with van der Waals surface area (Å²) in [6.45, 7) is 1.94. The molecule has 0 aliphatic carbocycles. The second-order valence-electron chi connectivity index (χ2n) is 8.43. The van der Waals surface area contributed by atoms with E-state index in [0.29, 0.717) is 56.3 Å². The molecule has 1 unspecified atom stereocenters. The van der Waals surface area contributed by atoms with Crippen molar-refractivity contribution in [1.82, 2.24) is 5.32 Å². The van der Waals surface area contributed by atoms with Gasteiger partial charge in [0.15, 0.2) is 0 Å². The smallest absolute Gasteiger partial charge is 0.224 e. The Morgan fingerprint density at radius 3 is 2.44 bits per heavy atom. The molecule has 0 aromatic heterocycles. The Kier molecular flexibility index (Phi) is 9.02. The molecular formula is C28H32N2O6. The van der Waals surface area contributed by atoms with Crippen LogP contribution < -0.4 is 29.6 Å². The predicted octanol–water partition coefficient (Wildman–Crippen LogP) is 3.57. The lowest BCUT2D eigenvalue weighted by Gasteiger charge is -2.24. The standard InChI is InChI=1S/C28H32N2O6/c1-33-22-7-9-23(10-8-22)34-16-15-29-17-21(31)19-36-25-12-13-26(28-24(25)11-14-27(32)30-28)35-18-20-5-3-2-4-6-20/h2-10,12-13,21,29,31H,11,14-19H2,1H3,(H,30,32). The van der Waals surface area contributed by atoms with Crippen molar-refractivity contribution in [3.63, 3.8) is 0 Å². The van der Waals surface area contributed by atoms with Crippen LogP contribution in [0.4, 0.5) is 5.69 Å². The zero-order valence-corrected chi connectivity index (χ0v) is 20.4. The number of aliphatic hydroxyl groups excluding tert-OH is 1. The lowest BCUT2D eigenvalue weighted by molar-refractivity contribution is -0.116. The molecule has 8 heteroatoms. The van der Waals surface area contributed by atoms with Crippen LogP contribution >= 0.6 is 0 Å². The minimum Gasteiger partial charge on any atom is -0.497 e. The molecule has 0 saturated heterocycles. The summed E-state index contributed by atoms with van der Waals surface area (Å²) in [6.07, 6.45) is 0.230. The average Bonchev–Trinajstić information content (AvgIpc) is 2.91. The molecule has 1 atom stereocenters. The summed E-state index contributed by atoms with van der Waals surface area (Å²) in [6, 6.07) is 20.9. The lowest BCUT2D eigenvalue weighted by Crippen LogP contribution is -2.33. The van der Waals surface area contributed by atoms with Crippen molar-refractivity contribution < 1.29 is 28.8 Å². The maximum absolute atomic E-state index is 12.0. The first kappa shape index (κ1) is 25.3. The van der Waals surface area contributed by atoms with Gasteiger partial charge in [-0.25, -0.2) is 0 Å². The Morgan fingerprint density at radius 1 is 0.917 bits per heavy atom. The average molecular weight is 493 g/mol. The molecule has 1 amide bonds. The highest BCUT2D eigenvalue weighted by molar-refractivity contribution is 5.96. The zero-order chi connectivity index (χ0) is 25.2. The molecular weight excluding hydrogens is 460 g/mol. The number of ether oxygens (including phenoxy) is 4. The van der Waals surface area contributed by atoms with E-state index >= 15 is 0 Å². The molecule has 1 heterocycles. The molecule has 190 valence electrons. The van der Waals surface area contributed by atoms with Crippen LogP contribution in [0.3, 0.4) is 0 Å². The number of hydrogen-bond acceptors (Lipinski definition) is 7. The Bertz CT molecular complexity index is 1120. The van der Waals surface area contributed by atoms with E-state index in [9.17, 15) is 9.90 Å². The van der Waals surface area contributed by atoms with E-state index in [-0.39, 0.29) is 12.5 Å². The van der Waals surface area contributed by atoms with Gasteiger partial charge in [0.2, 0.25) is 5.91 Å². The first-order valence-corrected chi connectivity index (χ1v) is 12.0. The molecule has 1 aliphatic heterocycles. The Labute approximate surface area is 211 Å². The SMILES string of the molecule is COc1ccc(OCCNCC(O)COc2ccc(OCc3ccccc3)c3c2CCC(=O)N3)cc1. The number of anilines is 1. The summed E-state index contributed by atoms with van der Waals surface area (Å²) in [7, 11) is 1.62. The largest absolute Gasteiger partial charge is 0.497 e. The minimum atomic E-state index is -0.700. The maximum atomic E-state index is 12.0. The quantitative estimate of drug-likeness (QED) is 0.314. The molecule has 0 spiro atoms. The Balaban J connectivity index is 1.24. The van der Waals surface area contributed by atoms with Crippen molar-refractivity contribution >= 4 is 11.6 Å². The van der Waals surface area contributed by atoms with Gasteiger partial charge in [0, 0.05) is 25.1 Å². The number of aliphatic hydroxyl groups is 1. The van der Waals surface area contributed by atoms with E-state index in [1.807, 2.05) is 60.7 Å². The van der Waals surface area contributed by atoms with Gasteiger partial charge in [-0.3, -0.25) is 4.79 Å². The summed E-state index contributed by atoms with van der Waals surface area (Å²) in [4.78, 5) is 12.0. The fourth-order valence-corrected chi connectivity index (χ4v) is 3.85. The summed E-state index contributed by atoms with van der Waals surface area (Å²) < 4.78 is 22.7. The van der Waals surface area contributed by atoms with Crippen LogP contribution in [0, 0.1) is 0 Å². The predicted molar refractivity (Wildman–Crippen MR) is 137 cm³/mol. The summed E-state index contributed by atoms with van der Waals surface area (Å²) in [5.41, 5.74) is 2.56. The van der Waals surface area contributed by atoms with E-state index in [0.717, 1.165) is 22.6 Å². The number of carbonyl (C=O) groups excluding carboxylic acids is 1. The number of benzene rings is 3. The first-order chi connectivity index (χ1) is 17.6. The van der Waals surface area contributed by atoms with Crippen LogP contribution in [0.15, 0.2) is 66.7 Å². The second kappa shape index (κ2) is 12.8. The fraction of sp³-hybridized carbons (Fsp3) is 0.321.